The second-order valence-electron chi connectivity index (χ2n) is 7.42. The minimum Gasteiger partial charge on any atom is -0.481 e. The number of carbonyl (C=O) groups is 1. The molecule has 168 valence electrons. The molecule has 2 aromatic carbocycles. The van der Waals surface area contributed by atoms with Gasteiger partial charge < -0.3 is 10.0 Å². The van der Waals surface area contributed by atoms with Gasteiger partial charge >= 0.3 is 5.97 Å². The van der Waals surface area contributed by atoms with Gasteiger partial charge in [0.05, 0.1) is 11.4 Å². The Morgan fingerprint density at radius 1 is 1.26 bits per heavy atom. The molecule has 0 aliphatic carbocycles. The highest BCUT2D eigenvalue weighted by molar-refractivity contribution is 7.99. The summed E-state index contributed by atoms with van der Waals surface area (Å²) in [7, 11) is -3.71. The highest BCUT2D eigenvalue weighted by Gasteiger charge is 2.32. The van der Waals surface area contributed by atoms with Gasteiger partial charge in [-0.3, -0.25) is 4.79 Å². The van der Waals surface area contributed by atoms with E-state index in [-0.39, 0.29) is 16.7 Å². The third kappa shape index (κ3) is 5.97. The van der Waals surface area contributed by atoms with Gasteiger partial charge in [0.2, 0.25) is 10.0 Å². The van der Waals surface area contributed by atoms with E-state index in [2.05, 4.69) is 16.5 Å². The molecule has 0 radical (unpaired) electrons. The Balaban J connectivity index is 2.10. The van der Waals surface area contributed by atoms with Gasteiger partial charge in [-0.25, -0.2) is 13.1 Å². The van der Waals surface area contributed by atoms with Gasteiger partial charge in [0.1, 0.15) is 4.90 Å². The van der Waals surface area contributed by atoms with Gasteiger partial charge in [-0.15, -0.1) is 23.5 Å². The summed E-state index contributed by atoms with van der Waals surface area (Å²) >= 11 is 2.81. The van der Waals surface area contributed by atoms with Crippen LogP contribution in [0.5, 0.6) is 0 Å². The summed E-state index contributed by atoms with van der Waals surface area (Å²) in [5.74, 6) is -0.463. The predicted molar refractivity (Wildman–Crippen MR) is 129 cm³/mol. The summed E-state index contributed by atoms with van der Waals surface area (Å²) in [6, 6.07) is 13.3. The smallest absolute Gasteiger partial charge is 0.313 e. The van der Waals surface area contributed by atoms with Crippen LogP contribution in [0, 0.1) is 0 Å². The number of fused-ring (bicyclic) bond motifs is 1. The highest BCUT2D eigenvalue weighted by Crippen LogP contribution is 2.39. The molecule has 1 heterocycles. The number of anilines is 2. The van der Waals surface area contributed by atoms with Crippen molar-refractivity contribution in [2.45, 2.75) is 47.8 Å². The van der Waals surface area contributed by atoms with Crippen molar-refractivity contribution in [1.29, 1.82) is 0 Å². The number of carboxylic acid groups (broad SMARTS) is 1. The fourth-order valence-corrected chi connectivity index (χ4v) is 6.61. The van der Waals surface area contributed by atoms with Crippen molar-refractivity contribution in [3.8, 4) is 0 Å². The summed E-state index contributed by atoms with van der Waals surface area (Å²) in [4.78, 5) is 14.2. The number of hydrogen-bond acceptors (Lipinski definition) is 6. The zero-order chi connectivity index (χ0) is 22.4. The first-order chi connectivity index (χ1) is 14.9. The average Bonchev–Trinajstić information content (AvgIpc) is 2.85. The summed E-state index contributed by atoms with van der Waals surface area (Å²) in [5, 5.41) is 8.95. The Labute approximate surface area is 192 Å². The number of unbranched alkanes of at least 4 members (excludes halogenated alkanes) is 1. The average molecular weight is 481 g/mol. The molecule has 9 heteroatoms. The third-order valence-electron chi connectivity index (χ3n) is 5.12. The van der Waals surface area contributed by atoms with Crippen LogP contribution in [0.1, 0.15) is 31.7 Å². The molecule has 2 aromatic rings. The van der Waals surface area contributed by atoms with Crippen molar-refractivity contribution in [3.63, 3.8) is 0 Å². The molecule has 0 fully saturated rings. The fourth-order valence-electron chi connectivity index (χ4n) is 3.66. The van der Waals surface area contributed by atoms with Crippen LogP contribution >= 0.6 is 23.5 Å². The van der Waals surface area contributed by atoms with E-state index in [4.69, 9.17) is 5.11 Å². The second-order valence-corrected chi connectivity index (χ2v) is 10.9. The predicted octanol–water partition coefficient (Wildman–Crippen LogP) is 4.72. The lowest BCUT2D eigenvalue weighted by Gasteiger charge is -2.28. The van der Waals surface area contributed by atoms with Gasteiger partial charge in [0, 0.05) is 28.9 Å². The van der Waals surface area contributed by atoms with Crippen molar-refractivity contribution in [2.24, 2.45) is 0 Å². The summed E-state index contributed by atoms with van der Waals surface area (Å²) in [6.07, 6.45) is 4.66. The number of benzene rings is 2. The molecule has 1 atom stereocenters. The number of aliphatic carboxylic acids is 1. The Bertz CT molecular complexity index is 1010. The lowest BCUT2D eigenvalue weighted by Crippen LogP contribution is -2.39. The van der Waals surface area contributed by atoms with Gasteiger partial charge in [-0.2, -0.15) is 0 Å². The standard InChI is InChI=1S/C22H28N2O4S3/c1-3-4-8-17-13-24(18-9-6-5-7-10-18)19-12-20(29-2)16(14-30-15-22(25)26)11-21(19)31(27,28)23-17/h5-7,9-12,17,23H,3-4,8,13-15H2,1-2H3,(H,25,26)/t17-/m1/s1. The molecule has 0 aromatic heterocycles. The van der Waals surface area contributed by atoms with Crippen molar-refractivity contribution in [2.75, 3.05) is 23.5 Å². The summed E-state index contributed by atoms with van der Waals surface area (Å²) in [6.45, 7) is 2.65. The first-order valence-corrected chi connectivity index (χ1v) is 14.1. The number of hydrogen-bond donors (Lipinski definition) is 2. The minimum absolute atomic E-state index is 0.0227. The fraction of sp³-hybridized carbons (Fsp3) is 0.409. The van der Waals surface area contributed by atoms with E-state index in [9.17, 15) is 13.2 Å². The molecular formula is C22H28N2O4S3. The van der Waals surface area contributed by atoms with Crippen LogP contribution in [-0.4, -0.2) is 44.1 Å². The van der Waals surface area contributed by atoms with Crippen molar-refractivity contribution >= 4 is 50.9 Å². The van der Waals surface area contributed by atoms with Crippen LogP contribution in [0.2, 0.25) is 0 Å². The number of para-hydroxylation sites is 1. The normalized spacial score (nSPS) is 17.7. The van der Waals surface area contributed by atoms with E-state index in [1.807, 2.05) is 42.7 Å². The van der Waals surface area contributed by atoms with E-state index in [0.29, 0.717) is 18.0 Å². The molecule has 3 rings (SSSR count). The molecule has 31 heavy (non-hydrogen) atoms. The maximum atomic E-state index is 13.3. The maximum Gasteiger partial charge on any atom is 0.313 e. The molecule has 0 spiro atoms. The number of carboxylic acids is 1. The number of rotatable bonds is 9. The largest absolute Gasteiger partial charge is 0.481 e. The van der Waals surface area contributed by atoms with Crippen LogP contribution in [0.3, 0.4) is 0 Å². The van der Waals surface area contributed by atoms with Gasteiger partial charge in [0.25, 0.3) is 0 Å². The van der Waals surface area contributed by atoms with E-state index < -0.39 is 16.0 Å². The number of nitrogens with one attached hydrogen (secondary N) is 1. The maximum absolute atomic E-state index is 13.3. The Morgan fingerprint density at radius 3 is 2.65 bits per heavy atom. The third-order valence-corrected chi connectivity index (χ3v) is 8.46. The number of sulfonamides is 1. The zero-order valence-electron chi connectivity index (χ0n) is 17.7. The molecule has 2 N–H and O–H groups in total. The minimum atomic E-state index is -3.71. The van der Waals surface area contributed by atoms with Crippen LogP contribution in [0.4, 0.5) is 11.4 Å². The molecule has 0 bridgehead atoms. The molecule has 1 aliphatic rings. The topological polar surface area (TPSA) is 86.7 Å². The van der Waals surface area contributed by atoms with Crippen LogP contribution in [0.25, 0.3) is 0 Å². The molecule has 0 saturated heterocycles. The lowest BCUT2D eigenvalue weighted by atomic mass is 10.1. The first kappa shape index (κ1) is 24.0. The monoisotopic (exact) mass is 480 g/mol. The van der Waals surface area contributed by atoms with Crippen molar-refractivity contribution in [3.05, 3.63) is 48.0 Å². The lowest BCUT2D eigenvalue weighted by molar-refractivity contribution is -0.133. The van der Waals surface area contributed by atoms with Gasteiger partial charge in [0.15, 0.2) is 0 Å². The Kier molecular flexibility index (Phi) is 8.32. The second kappa shape index (κ2) is 10.8. The zero-order valence-corrected chi connectivity index (χ0v) is 20.2. The van der Waals surface area contributed by atoms with E-state index >= 15 is 0 Å². The van der Waals surface area contributed by atoms with Gasteiger partial charge in [-0.1, -0.05) is 38.0 Å². The van der Waals surface area contributed by atoms with Crippen LogP contribution in [0.15, 0.2) is 52.3 Å². The molecule has 0 saturated carbocycles. The summed E-state index contributed by atoms with van der Waals surface area (Å²) in [5.41, 5.74) is 2.45. The number of thioether (sulfide) groups is 2. The van der Waals surface area contributed by atoms with Crippen LogP contribution in [-0.2, 0) is 20.6 Å². The molecule has 0 unspecified atom stereocenters. The molecule has 6 nitrogen and oxygen atoms in total. The SMILES string of the molecule is CCCC[C@@H]1CN(c2ccccc2)c2cc(SC)c(CSCC(=O)O)cc2S(=O)(=O)N1. The highest BCUT2D eigenvalue weighted by atomic mass is 32.2. The molecule has 1 aliphatic heterocycles. The molecular weight excluding hydrogens is 452 g/mol. The quantitative estimate of drug-likeness (QED) is 0.502. The van der Waals surface area contributed by atoms with Crippen molar-refractivity contribution in [1.82, 2.24) is 4.72 Å². The number of nitrogens with zero attached hydrogens (tertiary/aromatic N) is 1. The van der Waals surface area contributed by atoms with Gasteiger partial charge in [-0.05, 0) is 42.5 Å². The first-order valence-electron chi connectivity index (χ1n) is 10.2. The van der Waals surface area contributed by atoms with E-state index in [1.165, 1.54) is 11.8 Å². The van der Waals surface area contributed by atoms with E-state index in [1.54, 1.807) is 17.8 Å². The Morgan fingerprint density at radius 2 is 2.00 bits per heavy atom. The van der Waals surface area contributed by atoms with E-state index in [0.717, 1.165) is 35.4 Å². The Hall–Kier alpha value is -1.68. The van der Waals surface area contributed by atoms with Crippen LogP contribution < -0.4 is 9.62 Å². The molecule has 0 amide bonds. The van der Waals surface area contributed by atoms with Crippen molar-refractivity contribution < 1.29 is 18.3 Å². The summed E-state index contributed by atoms with van der Waals surface area (Å²) < 4.78 is 29.6.